The second-order valence-electron chi connectivity index (χ2n) is 6.13. The maximum atomic E-state index is 12.6. The molecule has 0 fully saturated rings. The molecule has 0 aliphatic carbocycles. The highest BCUT2D eigenvalue weighted by Crippen LogP contribution is 2.30. The van der Waals surface area contributed by atoms with Gasteiger partial charge < -0.3 is 14.8 Å². The van der Waals surface area contributed by atoms with E-state index in [4.69, 9.17) is 9.47 Å². The topological polar surface area (TPSA) is 90.7 Å². The number of carbonyl (C=O) groups is 1. The Balaban J connectivity index is 1.75. The Morgan fingerprint density at radius 3 is 2.48 bits per heavy atom. The van der Waals surface area contributed by atoms with Gasteiger partial charge in [0.1, 0.15) is 6.61 Å². The van der Waals surface area contributed by atoms with Crippen molar-refractivity contribution in [3.05, 3.63) is 94.0 Å². The number of nitro groups is 1. The molecular formula is C22H20N2O5. The average Bonchev–Trinajstić information content (AvgIpc) is 2.74. The van der Waals surface area contributed by atoms with Crippen LogP contribution in [-0.4, -0.2) is 17.4 Å². The summed E-state index contributed by atoms with van der Waals surface area (Å²) in [6.45, 7) is 2.63. The van der Waals surface area contributed by atoms with E-state index in [-0.39, 0.29) is 5.69 Å². The smallest absolute Gasteiger partial charge is 0.271 e. The minimum absolute atomic E-state index is 0.0949. The van der Waals surface area contributed by atoms with Crippen molar-refractivity contribution in [3.8, 4) is 11.5 Å². The van der Waals surface area contributed by atoms with E-state index in [1.807, 2.05) is 37.3 Å². The second-order valence-corrected chi connectivity index (χ2v) is 6.13. The highest BCUT2D eigenvalue weighted by atomic mass is 16.6. The summed E-state index contributed by atoms with van der Waals surface area (Å²) in [7, 11) is 0. The minimum atomic E-state index is -0.512. The van der Waals surface area contributed by atoms with Gasteiger partial charge in [-0.05, 0) is 36.8 Å². The number of anilines is 1. The van der Waals surface area contributed by atoms with E-state index >= 15 is 0 Å². The molecule has 3 aromatic rings. The van der Waals surface area contributed by atoms with E-state index in [1.165, 1.54) is 18.2 Å². The maximum absolute atomic E-state index is 12.6. The lowest BCUT2D eigenvalue weighted by molar-refractivity contribution is -0.384. The highest BCUT2D eigenvalue weighted by Gasteiger charge is 2.14. The Bertz CT molecular complexity index is 1010. The van der Waals surface area contributed by atoms with Gasteiger partial charge in [-0.1, -0.05) is 36.4 Å². The number of non-ortho nitro benzene ring substituents is 1. The first-order valence-corrected chi connectivity index (χ1v) is 9.06. The van der Waals surface area contributed by atoms with Gasteiger partial charge in [0.05, 0.1) is 11.5 Å². The molecule has 0 spiro atoms. The molecular weight excluding hydrogens is 372 g/mol. The summed E-state index contributed by atoms with van der Waals surface area (Å²) in [4.78, 5) is 22.9. The van der Waals surface area contributed by atoms with Crippen molar-refractivity contribution in [1.82, 2.24) is 0 Å². The van der Waals surface area contributed by atoms with Crippen molar-refractivity contribution in [1.29, 1.82) is 0 Å². The molecule has 3 rings (SSSR count). The Labute approximate surface area is 168 Å². The molecule has 0 aliphatic rings. The van der Waals surface area contributed by atoms with Crippen molar-refractivity contribution >= 4 is 17.3 Å². The van der Waals surface area contributed by atoms with Crippen molar-refractivity contribution in [3.63, 3.8) is 0 Å². The van der Waals surface area contributed by atoms with Crippen LogP contribution in [0.25, 0.3) is 0 Å². The molecule has 0 saturated heterocycles. The number of hydrogen-bond acceptors (Lipinski definition) is 5. The number of ether oxygens (including phenoxy) is 2. The average molecular weight is 392 g/mol. The summed E-state index contributed by atoms with van der Waals surface area (Å²) in [6, 6.07) is 20.4. The minimum Gasteiger partial charge on any atom is -0.490 e. The lowest BCUT2D eigenvalue weighted by atomic mass is 10.1. The fourth-order valence-corrected chi connectivity index (χ4v) is 2.67. The Kier molecular flexibility index (Phi) is 6.42. The third-order valence-corrected chi connectivity index (χ3v) is 4.06. The van der Waals surface area contributed by atoms with Crippen molar-refractivity contribution in [2.45, 2.75) is 13.5 Å². The van der Waals surface area contributed by atoms with E-state index < -0.39 is 10.8 Å². The van der Waals surface area contributed by atoms with Crippen LogP contribution in [0, 0.1) is 10.1 Å². The first-order valence-electron chi connectivity index (χ1n) is 9.06. The summed E-state index contributed by atoms with van der Waals surface area (Å²) in [5.74, 6) is 0.582. The predicted octanol–water partition coefficient (Wildman–Crippen LogP) is 4.82. The van der Waals surface area contributed by atoms with Gasteiger partial charge >= 0.3 is 0 Å². The number of hydrogen-bond donors (Lipinski definition) is 1. The zero-order valence-electron chi connectivity index (χ0n) is 15.8. The molecule has 0 aromatic heterocycles. The van der Waals surface area contributed by atoms with Crippen molar-refractivity contribution in [2.75, 3.05) is 11.9 Å². The highest BCUT2D eigenvalue weighted by molar-refractivity contribution is 6.04. The molecule has 0 aliphatic heterocycles. The van der Waals surface area contributed by atoms with Gasteiger partial charge in [-0.15, -0.1) is 0 Å². The van der Waals surface area contributed by atoms with Crippen LogP contribution >= 0.6 is 0 Å². The van der Waals surface area contributed by atoms with Gasteiger partial charge in [0.15, 0.2) is 11.5 Å². The molecule has 0 heterocycles. The second kappa shape index (κ2) is 9.36. The summed E-state index contributed by atoms with van der Waals surface area (Å²) in [5, 5.41) is 13.5. The Hall–Kier alpha value is -3.87. The number of nitrogens with one attached hydrogen (secondary N) is 1. The molecule has 7 nitrogen and oxygen atoms in total. The van der Waals surface area contributed by atoms with Gasteiger partial charge in [-0.2, -0.15) is 0 Å². The van der Waals surface area contributed by atoms with Gasteiger partial charge in [0.2, 0.25) is 0 Å². The standard InChI is InChI=1S/C22H20N2O5/c1-2-28-21-13-17(11-12-20(21)29-15-16-7-4-3-5-8-16)22(25)23-18-9-6-10-19(14-18)24(26)27/h3-14H,2,15H2,1H3,(H,23,25). The van der Waals surface area contributed by atoms with Crippen LogP contribution in [0.5, 0.6) is 11.5 Å². The van der Waals surface area contributed by atoms with Crippen LogP contribution in [0.2, 0.25) is 0 Å². The molecule has 0 bridgehead atoms. The monoisotopic (exact) mass is 392 g/mol. The van der Waals surface area contributed by atoms with Gasteiger partial charge in [-0.3, -0.25) is 14.9 Å². The summed E-state index contributed by atoms with van der Waals surface area (Å²) in [5.41, 5.74) is 1.61. The first-order chi connectivity index (χ1) is 14.1. The van der Waals surface area contributed by atoms with E-state index in [2.05, 4.69) is 5.32 Å². The number of carbonyl (C=O) groups excluding carboxylic acids is 1. The molecule has 29 heavy (non-hydrogen) atoms. The van der Waals surface area contributed by atoms with E-state index in [9.17, 15) is 14.9 Å². The largest absolute Gasteiger partial charge is 0.490 e. The van der Waals surface area contributed by atoms with Crippen LogP contribution in [-0.2, 0) is 6.61 Å². The van der Waals surface area contributed by atoms with Crippen LogP contribution in [0.15, 0.2) is 72.8 Å². The van der Waals surface area contributed by atoms with Gasteiger partial charge in [-0.25, -0.2) is 0 Å². The number of benzene rings is 3. The molecule has 0 radical (unpaired) electrons. The van der Waals surface area contributed by atoms with Crippen molar-refractivity contribution < 1.29 is 19.2 Å². The fourth-order valence-electron chi connectivity index (χ4n) is 2.67. The number of nitro benzene ring substituents is 1. The van der Waals surface area contributed by atoms with Gasteiger partial charge in [0, 0.05) is 23.4 Å². The normalized spacial score (nSPS) is 10.2. The van der Waals surface area contributed by atoms with E-state index in [0.29, 0.717) is 36.0 Å². The zero-order valence-corrected chi connectivity index (χ0v) is 15.8. The molecule has 7 heteroatoms. The Morgan fingerprint density at radius 1 is 0.966 bits per heavy atom. The molecule has 3 aromatic carbocycles. The molecule has 1 N–H and O–H groups in total. The van der Waals surface area contributed by atoms with Crippen LogP contribution in [0.4, 0.5) is 11.4 Å². The molecule has 0 saturated carbocycles. The summed E-state index contributed by atoms with van der Waals surface area (Å²) >= 11 is 0. The SMILES string of the molecule is CCOc1cc(C(=O)Nc2cccc([N+](=O)[O-])c2)ccc1OCc1ccccc1. The number of amides is 1. The molecule has 1 amide bonds. The van der Waals surface area contributed by atoms with E-state index in [0.717, 1.165) is 5.56 Å². The van der Waals surface area contributed by atoms with Gasteiger partial charge in [0.25, 0.3) is 11.6 Å². The lowest BCUT2D eigenvalue weighted by Gasteiger charge is -2.13. The maximum Gasteiger partial charge on any atom is 0.271 e. The lowest BCUT2D eigenvalue weighted by Crippen LogP contribution is -2.12. The Morgan fingerprint density at radius 2 is 1.76 bits per heavy atom. The molecule has 0 atom stereocenters. The summed E-state index contributed by atoms with van der Waals surface area (Å²) < 4.78 is 11.5. The van der Waals surface area contributed by atoms with E-state index in [1.54, 1.807) is 24.3 Å². The quantitative estimate of drug-likeness (QED) is 0.438. The van der Waals surface area contributed by atoms with Crippen LogP contribution < -0.4 is 14.8 Å². The predicted molar refractivity (Wildman–Crippen MR) is 109 cm³/mol. The fraction of sp³-hybridized carbons (Fsp3) is 0.136. The number of rotatable bonds is 8. The van der Waals surface area contributed by atoms with Crippen molar-refractivity contribution in [2.24, 2.45) is 0 Å². The first kappa shape index (κ1) is 19.9. The van der Waals surface area contributed by atoms with Crippen LogP contribution in [0.1, 0.15) is 22.8 Å². The third kappa shape index (κ3) is 5.32. The third-order valence-electron chi connectivity index (χ3n) is 4.06. The van der Waals surface area contributed by atoms with Crippen LogP contribution in [0.3, 0.4) is 0 Å². The number of nitrogens with zero attached hydrogens (tertiary/aromatic N) is 1. The molecule has 148 valence electrons. The molecule has 0 unspecified atom stereocenters. The zero-order chi connectivity index (χ0) is 20.6. The summed E-state index contributed by atoms with van der Waals surface area (Å²) in [6.07, 6.45) is 0.